The van der Waals surface area contributed by atoms with Gasteiger partial charge in [0.1, 0.15) is 11.5 Å². The molecule has 0 spiro atoms. The van der Waals surface area contributed by atoms with Gasteiger partial charge in [0.25, 0.3) is 11.8 Å². The summed E-state index contributed by atoms with van der Waals surface area (Å²) in [4.78, 5) is 23.9. The van der Waals surface area contributed by atoms with Crippen LogP contribution >= 0.6 is 31.9 Å². The molecule has 0 aliphatic carbocycles. The Labute approximate surface area is 197 Å². The summed E-state index contributed by atoms with van der Waals surface area (Å²) in [5, 5.41) is 0. The molecule has 0 fully saturated rings. The van der Waals surface area contributed by atoms with Crippen molar-refractivity contribution in [2.24, 2.45) is 0 Å². The van der Waals surface area contributed by atoms with Crippen LogP contribution in [0.15, 0.2) is 75.7 Å². The lowest BCUT2D eigenvalue weighted by Crippen LogP contribution is -2.45. The quantitative estimate of drug-likeness (QED) is 0.417. The molecule has 0 unspecified atom stereocenters. The maximum Gasteiger partial charge on any atom is 0.276 e. The molecule has 3 rings (SSSR count). The summed E-state index contributed by atoms with van der Waals surface area (Å²) in [7, 11) is 0. The molecule has 0 aliphatic heterocycles. The molecule has 0 bridgehead atoms. The molecule has 0 saturated heterocycles. The van der Waals surface area contributed by atoms with E-state index in [0.29, 0.717) is 11.5 Å². The van der Waals surface area contributed by atoms with Gasteiger partial charge >= 0.3 is 0 Å². The predicted octanol–water partition coefficient (Wildman–Crippen LogP) is 4.79. The van der Waals surface area contributed by atoms with E-state index >= 15 is 0 Å². The van der Waals surface area contributed by atoms with Crippen LogP contribution in [-0.2, 0) is 9.59 Å². The van der Waals surface area contributed by atoms with Crippen molar-refractivity contribution in [1.29, 1.82) is 0 Å². The lowest BCUT2D eigenvalue weighted by atomic mass is 10.1. The molecular weight excluding hydrogens is 528 g/mol. The molecule has 6 nitrogen and oxygen atoms in total. The molecule has 8 heteroatoms. The maximum atomic E-state index is 12.0. The summed E-state index contributed by atoms with van der Waals surface area (Å²) in [5.41, 5.74) is 7.76. The van der Waals surface area contributed by atoms with Crippen molar-refractivity contribution in [3.63, 3.8) is 0 Å². The molecule has 31 heavy (non-hydrogen) atoms. The van der Waals surface area contributed by atoms with Gasteiger partial charge in [-0.3, -0.25) is 20.4 Å². The average Bonchev–Trinajstić information content (AvgIpc) is 2.76. The lowest BCUT2D eigenvalue weighted by Gasteiger charge is -2.12. The summed E-state index contributed by atoms with van der Waals surface area (Å²) in [5.74, 6) is 0.0750. The van der Waals surface area contributed by atoms with Crippen LogP contribution in [0.2, 0.25) is 0 Å². The molecule has 3 aromatic rings. The number of hydrogen-bond acceptors (Lipinski definition) is 4. The minimum atomic E-state index is -0.496. The number of hydrogen-bond donors (Lipinski definition) is 2. The Hall–Kier alpha value is -2.84. The second-order valence-corrected chi connectivity index (χ2v) is 8.33. The molecule has 0 aliphatic rings. The smallest absolute Gasteiger partial charge is 0.276 e. The number of hydrazine groups is 1. The topological polar surface area (TPSA) is 76.7 Å². The zero-order valence-corrected chi connectivity index (χ0v) is 19.8. The van der Waals surface area contributed by atoms with E-state index in [4.69, 9.17) is 9.47 Å². The fourth-order valence-corrected chi connectivity index (χ4v) is 3.75. The highest BCUT2D eigenvalue weighted by molar-refractivity contribution is 9.10. The Kier molecular flexibility index (Phi) is 8.08. The zero-order chi connectivity index (χ0) is 22.2. The van der Waals surface area contributed by atoms with Crippen LogP contribution in [0.1, 0.15) is 5.56 Å². The van der Waals surface area contributed by atoms with E-state index in [2.05, 4.69) is 42.7 Å². The molecule has 0 saturated carbocycles. The number of aryl methyl sites for hydroxylation is 1. The van der Waals surface area contributed by atoms with E-state index < -0.39 is 11.8 Å². The monoisotopic (exact) mass is 546 g/mol. The van der Waals surface area contributed by atoms with Crippen molar-refractivity contribution >= 4 is 43.7 Å². The van der Waals surface area contributed by atoms with Gasteiger partial charge in [0.15, 0.2) is 13.2 Å². The van der Waals surface area contributed by atoms with Gasteiger partial charge in [-0.05, 0) is 79.7 Å². The highest BCUT2D eigenvalue weighted by Crippen LogP contribution is 2.30. The third kappa shape index (κ3) is 6.83. The SMILES string of the molecule is Cc1ccc(OCC(=O)NNC(=O)COc2ccc(-c3ccccc3)cc2Br)c(Br)c1. The summed E-state index contributed by atoms with van der Waals surface area (Å²) in [6.07, 6.45) is 0. The average molecular weight is 548 g/mol. The summed E-state index contributed by atoms with van der Waals surface area (Å²) < 4.78 is 12.4. The van der Waals surface area contributed by atoms with Gasteiger partial charge in [-0.25, -0.2) is 0 Å². The van der Waals surface area contributed by atoms with Crippen molar-refractivity contribution in [2.45, 2.75) is 6.92 Å². The van der Waals surface area contributed by atoms with E-state index in [1.165, 1.54) is 0 Å². The van der Waals surface area contributed by atoms with E-state index in [-0.39, 0.29) is 13.2 Å². The molecule has 3 aromatic carbocycles. The summed E-state index contributed by atoms with van der Waals surface area (Å²) in [6, 6.07) is 21.1. The minimum absolute atomic E-state index is 0.241. The molecule has 2 N–H and O–H groups in total. The number of ether oxygens (including phenoxy) is 2. The summed E-state index contributed by atoms with van der Waals surface area (Å²) in [6.45, 7) is 1.46. The van der Waals surface area contributed by atoms with Crippen molar-refractivity contribution in [3.05, 3.63) is 81.2 Å². The van der Waals surface area contributed by atoms with Crippen LogP contribution in [-0.4, -0.2) is 25.0 Å². The van der Waals surface area contributed by atoms with Crippen LogP contribution in [0.3, 0.4) is 0 Å². The Morgan fingerprint density at radius 2 is 1.29 bits per heavy atom. The Morgan fingerprint density at radius 1 is 0.742 bits per heavy atom. The molecule has 160 valence electrons. The Bertz CT molecular complexity index is 1070. The van der Waals surface area contributed by atoms with Gasteiger partial charge in [0.2, 0.25) is 0 Å². The second kappa shape index (κ2) is 11.0. The standard InChI is InChI=1S/C23H20Br2N2O4/c1-15-7-9-20(18(24)11-15)30-13-22(28)26-27-23(29)14-31-21-10-8-17(12-19(21)25)16-5-3-2-4-6-16/h2-12H,13-14H2,1H3,(H,26,28)(H,27,29). The van der Waals surface area contributed by atoms with Gasteiger partial charge in [0, 0.05) is 0 Å². The second-order valence-electron chi connectivity index (χ2n) is 6.62. The zero-order valence-electron chi connectivity index (χ0n) is 16.7. The van der Waals surface area contributed by atoms with Crippen LogP contribution in [0.25, 0.3) is 11.1 Å². The third-order valence-electron chi connectivity index (χ3n) is 4.19. The van der Waals surface area contributed by atoms with E-state index in [9.17, 15) is 9.59 Å². The first-order chi connectivity index (χ1) is 14.9. The third-order valence-corrected chi connectivity index (χ3v) is 5.42. The van der Waals surface area contributed by atoms with Crippen molar-refractivity contribution < 1.29 is 19.1 Å². The fourth-order valence-electron chi connectivity index (χ4n) is 2.65. The molecule has 2 amide bonds. The predicted molar refractivity (Wildman–Crippen MR) is 126 cm³/mol. The first kappa shape index (κ1) is 22.8. The van der Waals surface area contributed by atoms with Crippen LogP contribution in [0.5, 0.6) is 11.5 Å². The van der Waals surface area contributed by atoms with E-state index in [1.807, 2.05) is 61.5 Å². The van der Waals surface area contributed by atoms with Crippen LogP contribution < -0.4 is 20.3 Å². The molecular formula is C23H20Br2N2O4. The number of rotatable bonds is 7. The summed E-state index contributed by atoms with van der Waals surface area (Å²) >= 11 is 6.84. The largest absolute Gasteiger partial charge is 0.483 e. The molecule has 0 aromatic heterocycles. The van der Waals surface area contributed by atoms with E-state index in [0.717, 1.165) is 25.6 Å². The number of benzene rings is 3. The highest BCUT2D eigenvalue weighted by atomic mass is 79.9. The number of carbonyl (C=O) groups is 2. The fraction of sp³-hybridized carbons (Fsp3) is 0.130. The first-order valence-electron chi connectivity index (χ1n) is 9.37. The maximum absolute atomic E-state index is 12.0. The molecule has 0 heterocycles. The minimum Gasteiger partial charge on any atom is -0.483 e. The van der Waals surface area contributed by atoms with Crippen molar-refractivity contribution in [1.82, 2.24) is 10.9 Å². The van der Waals surface area contributed by atoms with Crippen LogP contribution in [0.4, 0.5) is 0 Å². The van der Waals surface area contributed by atoms with Gasteiger partial charge in [0.05, 0.1) is 8.95 Å². The number of carbonyl (C=O) groups excluding carboxylic acids is 2. The highest BCUT2D eigenvalue weighted by Gasteiger charge is 2.10. The van der Waals surface area contributed by atoms with Crippen LogP contribution in [0, 0.1) is 6.92 Å². The molecule has 0 radical (unpaired) electrons. The van der Waals surface area contributed by atoms with Gasteiger partial charge < -0.3 is 9.47 Å². The Balaban J connectivity index is 1.43. The number of nitrogens with one attached hydrogen (secondary N) is 2. The van der Waals surface area contributed by atoms with E-state index in [1.54, 1.807) is 12.1 Å². The van der Waals surface area contributed by atoms with Gasteiger partial charge in [-0.1, -0.05) is 42.5 Å². The lowest BCUT2D eigenvalue weighted by molar-refractivity contribution is -0.131. The molecule has 0 atom stereocenters. The normalized spacial score (nSPS) is 10.3. The van der Waals surface area contributed by atoms with Gasteiger partial charge in [-0.15, -0.1) is 0 Å². The Morgan fingerprint density at radius 3 is 1.84 bits per heavy atom. The van der Waals surface area contributed by atoms with Crippen molar-refractivity contribution in [3.8, 4) is 22.6 Å². The van der Waals surface area contributed by atoms with Gasteiger partial charge in [-0.2, -0.15) is 0 Å². The number of halogens is 2. The first-order valence-corrected chi connectivity index (χ1v) is 11.0. The van der Waals surface area contributed by atoms with Crippen molar-refractivity contribution in [2.75, 3.05) is 13.2 Å². The number of amides is 2.